The summed E-state index contributed by atoms with van der Waals surface area (Å²) in [4.78, 5) is 0.825. The summed E-state index contributed by atoms with van der Waals surface area (Å²) in [6.45, 7) is 1.88. The Hall–Kier alpha value is -0.970. The minimum atomic E-state index is -0.665. The van der Waals surface area contributed by atoms with Crippen LogP contribution in [0.3, 0.4) is 0 Å². The highest BCUT2D eigenvalue weighted by atomic mass is 35.5. The lowest BCUT2D eigenvalue weighted by Crippen LogP contribution is -2.13. The maximum absolute atomic E-state index is 13.7. The van der Waals surface area contributed by atoms with Crippen molar-refractivity contribution < 1.29 is 8.78 Å². The summed E-state index contributed by atoms with van der Waals surface area (Å²) in [7, 11) is 0. The van der Waals surface area contributed by atoms with Crippen molar-refractivity contribution in [3.8, 4) is 0 Å². The van der Waals surface area contributed by atoms with Crippen molar-refractivity contribution >= 4 is 22.9 Å². The van der Waals surface area contributed by atoms with Crippen LogP contribution in [0.2, 0.25) is 5.02 Å². The fraction of sp³-hybridized carbons (Fsp3) is 0.167. The number of thiophene rings is 1. The van der Waals surface area contributed by atoms with E-state index in [9.17, 15) is 8.78 Å². The number of benzene rings is 1. The molecule has 5 heteroatoms. The molecule has 1 nitrogen and oxygen atoms in total. The van der Waals surface area contributed by atoms with E-state index in [-0.39, 0.29) is 10.6 Å². The molecule has 0 saturated heterocycles. The van der Waals surface area contributed by atoms with Crippen LogP contribution in [-0.2, 0) is 0 Å². The molecule has 0 aliphatic carbocycles. The van der Waals surface area contributed by atoms with Gasteiger partial charge in [0.15, 0.2) is 0 Å². The van der Waals surface area contributed by atoms with Crippen molar-refractivity contribution in [1.82, 2.24) is 0 Å². The third kappa shape index (κ3) is 2.34. The fourth-order valence-electron chi connectivity index (χ4n) is 1.62. The van der Waals surface area contributed by atoms with Gasteiger partial charge >= 0.3 is 0 Å². The van der Waals surface area contributed by atoms with E-state index in [4.69, 9.17) is 17.3 Å². The number of nitrogens with two attached hydrogens (primary N) is 1. The third-order valence-electron chi connectivity index (χ3n) is 2.56. The lowest BCUT2D eigenvalue weighted by Gasteiger charge is -2.13. The van der Waals surface area contributed by atoms with Gasteiger partial charge in [0.25, 0.3) is 0 Å². The van der Waals surface area contributed by atoms with Gasteiger partial charge in [-0.05, 0) is 36.1 Å². The minimum absolute atomic E-state index is 0.123. The Morgan fingerprint density at radius 3 is 2.59 bits per heavy atom. The first-order valence-corrected chi connectivity index (χ1v) is 6.20. The zero-order valence-electron chi connectivity index (χ0n) is 9.01. The first-order chi connectivity index (χ1) is 8.00. The molecule has 0 bridgehead atoms. The minimum Gasteiger partial charge on any atom is -0.320 e. The number of rotatable bonds is 2. The van der Waals surface area contributed by atoms with E-state index in [1.165, 1.54) is 11.3 Å². The number of aryl methyl sites for hydroxylation is 1. The molecule has 0 aliphatic rings. The van der Waals surface area contributed by atoms with Gasteiger partial charge < -0.3 is 5.73 Å². The first-order valence-electron chi connectivity index (χ1n) is 4.94. The van der Waals surface area contributed by atoms with Crippen molar-refractivity contribution in [3.05, 3.63) is 56.2 Å². The molecular weight excluding hydrogens is 264 g/mol. The van der Waals surface area contributed by atoms with Gasteiger partial charge in [-0.15, -0.1) is 11.3 Å². The number of halogens is 3. The second kappa shape index (κ2) is 4.72. The maximum Gasteiger partial charge on any atom is 0.142 e. The van der Waals surface area contributed by atoms with Gasteiger partial charge in [0.2, 0.25) is 0 Å². The van der Waals surface area contributed by atoms with Crippen LogP contribution in [0.5, 0.6) is 0 Å². The van der Waals surface area contributed by atoms with Crippen LogP contribution in [0.25, 0.3) is 0 Å². The first kappa shape index (κ1) is 12.5. The summed E-state index contributed by atoms with van der Waals surface area (Å²) in [6, 6.07) is 3.24. The normalized spacial score (nSPS) is 12.8. The largest absolute Gasteiger partial charge is 0.320 e. The Kier molecular flexibility index (Phi) is 3.47. The van der Waals surface area contributed by atoms with Crippen LogP contribution in [0.4, 0.5) is 8.78 Å². The Morgan fingerprint density at radius 2 is 2.00 bits per heavy atom. The monoisotopic (exact) mass is 273 g/mol. The Balaban J connectivity index is 2.48. The van der Waals surface area contributed by atoms with Crippen LogP contribution in [0.15, 0.2) is 23.6 Å². The number of hydrogen-bond acceptors (Lipinski definition) is 2. The molecule has 0 fully saturated rings. The quantitative estimate of drug-likeness (QED) is 0.821. The summed E-state index contributed by atoms with van der Waals surface area (Å²) in [5.41, 5.74) is 7.03. The molecule has 2 rings (SSSR count). The third-order valence-corrected chi connectivity index (χ3v) is 3.95. The lowest BCUT2D eigenvalue weighted by atomic mass is 10.0. The Bertz CT molecular complexity index is 553. The Morgan fingerprint density at radius 1 is 1.29 bits per heavy atom. The van der Waals surface area contributed by atoms with E-state index in [1.54, 1.807) is 0 Å². The molecule has 1 aromatic heterocycles. The van der Waals surface area contributed by atoms with Gasteiger partial charge in [0.05, 0.1) is 11.1 Å². The van der Waals surface area contributed by atoms with E-state index in [0.29, 0.717) is 0 Å². The molecule has 0 saturated carbocycles. The lowest BCUT2D eigenvalue weighted by molar-refractivity contribution is 0.578. The van der Waals surface area contributed by atoms with E-state index in [1.807, 2.05) is 18.4 Å². The predicted molar refractivity (Wildman–Crippen MR) is 66.5 cm³/mol. The van der Waals surface area contributed by atoms with Gasteiger partial charge in [-0.3, -0.25) is 0 Å². The van der Waals surface area contributed by atoms with Crippen LogP contribution >= 0.6 is 22.9 Å². The fourth-order valence-corrected chi connectivity index (χ4v) is 2.72. The maximum atomic E-state index is 13.7. The molecular formula is C12H10ClF2NS. The average molecular weight is 274 g/mol. The second-order valence-electron chi connectivity index (χ2n) is 3.73. The molecule has 2 N–H and O–H groups in total. The zero-order chi connectivity index (χ0) is 12.6. The summed E-state index contributed by atoms with van der Waals surface area (Å²) in [6.07, 6.45) is 0. The van der Waals surface area contributed by atoms with Crippen LogP contribution in [0, 0.1) is 18.6 Å². The topological polar surface area (TPSA) is 26.0 Å². The molecule has 17 heavy (non-hydrogen) atoms. The van der Waals surface area contributed by atoms with Crippen molar-refractivity contribution in [3.63, 3.8) is 0 Å². The van der Waals surface area contributed by atoms with Crippen LogP contribution in [-0.4, -0.2) is 0 Å². The molecule has 1 aromatic carbocycles. The SMILES string of the molecule is Cc1ccsc1C(N)c1cc(F)c(Cl)cc1F. The molecule has 0 amide bonds. The van der Waals surface area contributed by atoms with Gasteiger partial charge in [0.1, 0.15) is 11.6 Å². The molecule has 2 aromatic rings. The summed E-state index contributed by atoms with van der Waals surface area (Å²) in [5, 5.41) is 1.63. The molecule has 0 aliphatic heterocycles. The zero-order valence-corrected chi connectivity index (χ0v) is 10.6. The highest BCUT2D eigenvalue weighted by molar-refractivity contribution is 7.10. The second-order valence-corrected chi connectivity index (χ2v) is 5.09. The van der Waals surface area contributed by atoms with Crippen molar-refractivity contribution in [2.24, 2.45) is 5.73 Å². The van der Waals surface area contributed by atoms with Gasteiger partial charge in [0, 0.05) is 10.4 Å². The van der Waals surface area contributed by atoms with Crippen molar-refractivity contribution in [2.75, 3.05) is 0 Å². The summed E-state index contributed by atoms with van der Waals surface area (Å²) >= 11 is 6.92. The van der Waals surface area contributed by atoms with E-state index >= 15 is 0 Å². The highest BCUT2D eigenvalue weighted by Gasteiger charge is 2.18. The average Bonchev–Trinajstić information content (AvgIpc) is 2.69. The van der Waals surface area contributed by atoms with Crippen LogP contribution in [0.1, 0.15) is 22.0 Å². The molecule has 0 spiro atoms. The van der Waals surface area contributed by atoms with E-state index in [2.05, 4.69) is 0 Å². The highest BCUT2D eigenvalue weighted by Crippen LogP contribution is 2.31. The van der Waals surface area contributed by atoms with Gasteiger partial charge in [-0.1, -0.05) is 11.6 Å². The molecule has 0 radical (unpaired) electrons. The van der Waals surface area contributed by atoms with Gasteiger partial charge in [-0.25, -0.2) is 8.78 Å². The molecule has 1 unspecified atom stereocenters. The number of hydrogen-bond donors (Lipinski definition) is 1. The van der Waals surface area contributed by atoms with Crippen molar-refractivity contribution in [1.29, 1.82) is 0 Å². The van der Waals surface area contributed by atoms with E-state index < -0.39 is 17.7 Å². The molecule has 90 valence electrons. The standard InChI is InChI=1S/C12H10ClF2NS/c1-6-2-3-17-12(6)11(16)7-4-10(15)8(13)5-9(7)14/h2-5,11H,16H2,1H3. The molecule has 1 heterocycles. The smallest absolute Gasteiger partial charge is 0.142 e. The Labute approximate surface area is 107 Å². The predicted octanol–water partition coefficient (Wildman–Crippen LogP) is 4.04. The van der Waals surface area contributed by atoms with Crippen molar-refractivity contribution in [2.45, 2.75) is 13.0 Å². The van der Waals surface area contributed by atoms with Crippen LogP contribution < -0.4 is 5.73 Å². The van der Waals surface area contributed by atoms with E-state index in [0.717, 1.165) is 22.6 Å². The van der Waals surface area contributed by atoms with Gasteiger partial charge in [-0.2, -0.15) is 0 Å². The molecule has 1 atom stereocenters. The summed E-state index contributed by atoms with van der Waals surface area (Å²) in [5.74, 6) is -1.25. The summed E-state index contributed by atoms with van der Waals surface area (Å²) < 4.78 is 27.0.